The van der Waals surface area contributed by atoms with Gasteiger partial charge in [0.15, 0.2) is 0 Å². The molecule has 1 heterocycles. The van der Waals surface area contributed by atoms with Crippen LogP contribution in [0.1, 0.15) is 18.3 Å². The van der Waals surface area contributed by atoms with E-state index in [9.17, 15) is 28.1 Å². The van der Waals surface area contributed by atoms with Crippen LogP contribution in [0.15, 0.2) is 41.2 Å². The first-order chi connectivity index (χ1) is 12.6. The number of fused-ring (bicyclic) bond motifs is 1. The Morgan fingerprint density at radius 3 is 2.52 bits per heavy atom. The summed E-state index contributed by atoms with van der Waals surface area (Å²) in [6.07, 6.45) is -4.65. The lowest BCUT2D eigenvalue weighted by molar-refractivity contribution is -0.388. The second-order valence-electron chi connectivity index (χ2n) is 5.64. The van der Waals surface area contributed by atoms with Crippen molar-refractivity contribution in [1.29, 1.82) is 0 Å². The van der Waals surface area contributed by atoms with Crippen LogP contribution < -0.4 is 5.56 Å². The van der Waals surface area contributed by atoms with Gasteiger partial charge in [0.1, 0.15) is 11.4 Å². The smallest absolute Gasteiger partial charge is 0.268 e. The molecule has 0 unspecified atom stereocenters. The summed E-state index contributed by atoms with van der Waals surface area (Å²) in [4.78, 5) is 27.2. The first-order valence-electron chi connectivity index (χ1n) is 7.70. The van der Waals surface area contributed by atoms with Crippen LogP contribution in [0.3, 0.4) is 0 Å². The number of hydrogen-bond donors (Lipinski definition) is 0. The number of benzene rings is 2. The van der Waals surface area contributed by atoms with Gasteiger partial charge in [0.05, 0.1) is 21.5 Å². The highest BCUT2D eigenvalue weighted by Crippen LogP contribution is 2.37. The van der Waals surface area contributed by atoms with E-state index in [1.165, 1.54) is 0 Å². The van der Waals surface area contributed by atoms with E-state index in [4.69, 9.17) is 0 Å². The molecule has 0 aliphatic rings. The molecule has 10 heteroatoms. The lowest BCUT2D eigenvalue weighted by Gasteiger charge is -2.15. The molecule has 0 amide bonds. The maximum Gasteiger partial charge on any atom is 0.423 e. The third kappa shape index (κ3) is 3.53. The molecular weight excluding hydrogens is 478 g/mol. The summed E-state index contributed by atoms with van der Waals surface area (Å²) in [6.45, 7) is 1.72. The van der Waals surface area contributed by atoms with Crippen LogP contribution in [-0.4, -0.2) is 14.5 Å². The first-order valence-corrected chi connectivity index (χ1v) is 8.78. The normalized spacial score (nSPS) is 11.7. The number of rotatable bonds is 3. The van der Waals surface area contributed by atoms with Crippen molar-refractivity contribution in [2.45, 2.75) is 19.5 Å². The minimum atomic E-state index is -4.94. The quantitative estimate of drug-likeness (QED) is 0.309. The molecule has 3 aromatic rings. The fourth-order valence-corrected chi connectivity index (χ4v) is 3.25. The molecule has 0 fully saturated rings. The van der Waals surface area contributed by atoms with Crippen LogP contribution in [0.4, 0.5) is 18.9 Å². The minimum absolute atomic E-state index is 0.122. The first kappa shape index (κ1) is 19.3. The van der Waals surface area contributed by atoms with Crippen LogP contribution in [-0.2, 0) is 12.6 Å². The highest BCUT2D eigenvalue weighted by atomic mass is 127. The van der Waals surface area contributed by atoms with Crippen molar-refractivity contribution in [3.05, 3.63) is 71.8 Å². The van der Waals surface area contributed by atoms with Gasteiger partial charge in [0, 0.05) is 16.1 Å². The molecule has 0 aliphatic heterocycles. The second kappa shape index (κ2) is 6.91. The van der Waals surface area contributed by atoms with Gasteiger partial charge in [-0.25, -0.2) is 4.98 Å². The van der Waals surface area contributed by atoms with E-state index in [0.717, 1.165) is 20.3 Å². The Balaban J connectivity index is 2.37. The van der Waals surface area contributed by atoms with Crippen LogP contribution >= 0.6 is 22.6 Å². The monoisotopic (exact) mass is 489 g/mol. The molecule has 3 rings (SSSR count). The molecule has 0 atom stereocenters. The van der Waals surface area contributed by atoms with E-state index in [1.54, 1.807) is 25.1 Å². The van der Waals surface area contributed by atoms with E-state index in [2.05, 4.69) is 4.98 Å². The highest BCUT2D eigenvalue weighted by molar-refractivity contribution is 14.1. The fraction of sp³-hybridized carbons (Fsp3) is 0.176. The van der Waals surface area contributed by atoms with Crippen molar-refractivity contribution < 1.29 is 18.1 Å². The van der Waals surface area contributed by atoms with E-state index in [0.29, 0.717) is 11.6 Å². The minimum Gasteiger partial charge on any atom is -0.268 e. The maximum atomic E-state index is 13.3. The van der Waals surface area contributed by atoms with Crippen molar-refractivity contribution in [2.75, 3.05) is 0 Å². The van der Waals surface area contributed by atoms with Gasteiger partial charge < -0.3 is 0 Å². The Bertz CT molecular complexity index is 1130. The summed E-state index contributed by atoms with van der Waals surface area (Å²) in [7, 11) is 0. The summed E-state index contributed by atoms with van der Waals surface area (Å²) in [5, 5.41) is 11.2. The summed E-state index contributed by atoms with van der Waals surface area (Å²) in [6, 6.07) is 7.52. The summed E-state index contributed by atoms with van der Waals surface area (Å²) in [5.41, 5.74) is -2.70. The van der Waals surface area contributed by atoms with Gasteiger partial charge in [0.2, 0.25) is 0 Å². The average molecular weight is 489 g/mol. The predicted octanol–water partition coefficient (Wildman–Crippen LogP) is 4.48. The third-order valence-corrected chi connectivity index (χ3v) is 4.63. The van der Waals surface area contributed by atoms with E-state index in [1.807, 2.05) is 22.6 Å². The van der Waals surface area contributed by atoms with Crippen molar-refractivity contribution in [1.82, 2.24) is 9.55 Å². The lowest BCUT2D eigenvalue weighted by atomic mass is 10.1. The molecule has 0 N–H and O–H groups in total. The predicted molar refractivity (Wildman–Crippen MR) is 101 cm³/mol. The number of halogens is 4. The van der Waals surface area contributed by atoms with Crippen LogP contribution in [0.5, 0.6) is 0 Å². The number of aromatic nitrogens is 2. The van der Waals surface area contributed by atoms with Crippen molar-refractivity contribution in [2.24, 2.45) is 0 Å². The summed E-state index contributed by atoms with van der Waals surface area (Å²) >= 11 is 2.02. The molecule has 2 aromatic carbocycles. The number of aryl methyl sites for hydroxylation is 1. The molecule has 1 aromatic heterocycles. The van der Waals surface area contributed by atoms with Gasteiger partial charge in [-0.15, -0.1) is 0 Å². The average Bonchev–Trinajstić information content (AvgIpc) is 2.60. The number of nitrogens with zero attached hydrogens (tertiary/aromatic N) is 3. The molecular formula is C17H11F3IN3O3. The molecule has 27 heavy (non-hydrogen) atoms. The van der Waals surface area contributed by atoms with Gasteiger partial charge in [-0.3, -0.25) is 19.5 Å². The molecule has 140 valence electrons. The zero-order valence-electron chi connectivity index (χ0n) is 13.7. The van der Waals surface area contributed by atoms with Gasteiger partial charge in [-0.1, -0.05) is 6.92 Å². The lowest BCUT2D eigenvalue weighted by Crippen LogP contribution is -2.24. The fourth-order valence-electron chi connectivity index (χ4n) is 2.76. The Morgan fingerprint density at radius 2 is 1.93 bits per heavy atom. The van der Waals surface area contributed by atoms with Gasteiger partial charge in [0.25, 0.3) is 11.2 Å². The standard InChI is InChI=1S/C17H11F3IN3O3/c1-2-15-22-13-5-3-9(21)7-11(13)16(25)23(15)10-4-6-14(24(26)27)12(8-10)17(18,19)20/h3-8H,2H2,1H3. The summed E-state index contributed by atoms with van der Waals surface area (Å²) < 4.78 is 41.7. The van der Waals surface area contributed by atoms with Crippen molar-refractivity contribution in [3.63, 3.8) is 0 Å². The molecule has 0 saturated heterocycles. The Hall–Kier alpha value is -2.50. The van der Waals surface area contributed by atoms with Crippen molar-refractivity contribution in [3.8, 4) is 5.69 Å². The maximum absolute atomic E-state index is 13.3. The SMILES string of the molecule is CCc1nc2ccc(I)cc2c(=O)n1-c1ccc([N+](=O)[O-])c(C(F)(F)F)c1. The number of alkyl halides is 3. The number of hydrogen-bond acceptors (Lipinski definition) is 4. The molecule has 0 aliphatic carbocycles. The topological polar surface area (TPSA) is 78.0 Å². The molecule has 0 radical (unpaired) electrons. The highest BCUT2D eigenvalue weighted by Gasteiger charge is 2.38. The van der Waals surface area contributed by atoms with Crippen LogP contribution in [0.2, 0.25) is 0 Å². The molecule has 0 bridgehead atoms. The van der Waals surface area contributed by atoms with Crippen LogP contribution in [0.25, 0.3) is 16.6 Å². The largest absolute Gasteiger partial charge is 0.423 e. The Labute approximate surface area is 163 Å². The van der Waals surface area contributed by atoms with Crippen molar-refractivity contribution >= 4 is 39.2 Å². The van der Waals surface area contributed by atoms with Gasteiger partial charge in [-0.2, -0.15) is 13.2 Å². The molecule has 0 saturated carbocycles. The number of nitro benzene ring substituents is 1. The van der Waals surface area contributed by atoms with Crippen LogP contribution in [0, 0.1) is 13.7 Å². The zero-order valence-corrected chi connectivity index (χ0v) is 15.9. The van der Waals surface area contributed by atoms with Gasteiger partial charge >= 0.3 is 6.18 Å². The number of nitro groups is 1. The molecule has 6 nitrogen and oxygen atoms in total. The Kier molecular flexibility index (Phi) is 4.93. The second-order valence-corrected chi connectivity index (χ2v) is 6.89. The zero-order chi connectivity index (χ0) is 19.9. The van der Waals surface area contributed by atoms with Gasteiger partial charge in [-0.05, 0) is 52.9 Å². The molecule has 0 spiro atoms. The van der Waals surface area contributed by atoms with E-state index < -0.39 is 27.9 Å². The Morgan fingerprint density at radius 1 is 1.22 bits per heavy atom. The van der Waals surface area contributed by atoms with E-state index in [-0.39, 0.29) is 23.3 Å². The van der Waals surface area contributed by atoms with E-state index >= 15 is 0 Å². The third-order valence-electron chi connectivity index (χ3n) is 3.96. The summed E-state index contributed by atoms with van der Waals surface area (Å²) in [5.74, 6) is 0.260.